The van der Waals surface area contributed by atoms with Gasteiger partial charge in [0, 0.05) is 11.3 Å². The molecular weight excluding hydrogens is 372 g/mol. The Labute approximate surface area is 168 Å². The summed E-state index contributed by atoms with van der Waals surface area (Å²) in [6, 6.07) is 8.61. The van der Waals surface area contributed by atoms with E-state index >= 15 is 0 Å². The van der Waals surface area contributed by atoms with Gasteiger partial charge in [0.1, 0.15) is 17.4 Å². The number of carbonyl (C=O) groups excluding carboxylic acids is 3. The molecule has 2 aromatic rings. The highest BCUT2D eigenvalue weighted by molar-refractivity contribution is 6.06. The van der Waals surface area contributed by atoms with Crippen LogP contribution in [0.4, 0.5) is 0 Å². The topological polar surface area (TPSA) is 109 Å². The Morgan fingerprint density at radius 3 is 2.48 bits per heavy atom. The Morgan fingerprint density at radius 1 is 1.24 bits per heavy atom. The number of ketones is 2. The molecule has 0 amide bonds. The van der Waals surface area contributed by atoms with Crippen molar-refractivity contribution in [2.75, 3.05) is 7.11 Å². The molecule has 1 N–H and O–H groups in total. The van der Waals surface area contributed by atoms with Gasteiger partial charge in [0.05, 0.1) is 12.8 Å². The van der Waals surface area contributed by atoms with Gasteiger partial charge in [-0.3, -0.25) is 9.59 Å². The van der Waals surface area contributed by atoms with Crippen molar-refractivity contribution in [1.29, 1.82) is 5.26 Å². The smallest absolute Gasteiger partial charge is 0.349 e. The predicted molar refractivity (Wildman–Crippen MR) is 107 cm³/mol. The molecule has 7 nitrogen and oxygen atoms in total. The zero-order valence-corrected chi connectivity index (χ0v) is 17.0. The molecule has 1 aromatic carbocycles. The Hall–Kier alpha value is -3.66. The number of H-pyrrole nitrogens is 1. The summed E-state index contributed by atoms with van der Waals surface area (Å²) in [7, 11) is 1.51. The number of Topliss-reactive ketones (excluding diaryl/α,β-unsaturated/α-hetero) is 2. The summed E-state index contributed by atoms with van der Waals surface area (Å²) in [6.07, 6.45) is 0.223. The third-order valence-corrected chi connectivity index (χ3v) is 4.43. The normalized spacial score (nSPS) is 12.1. The van der Waals surface area contributed by atoms with Gasteiger partial charge >= 0.3 is 5.97 Å². The molecule has 0 aliphatic rings. The molecule has 7 heteroatoms. The van der Waals surface area contributed by atoms with Crippen molar-refractivity contribution in [1.82, 2.24) is 4.98 Å². The fourth-order valence-electron chi connectivity index (χ4n) is 3.04. The quantitative estimate of drug-likeness (QED) is 0.333. The number of aromatic nitrogens is 1. The fourth-order valence-corrected chi connectivity index (χ4v) is 3.04. The summed E-state index contributed by atoms with van der Waals surface area (Å²) in [5, 5.41) is 9.32. The maximum Gasteiger partial charge on any atom is 0.349 e. The van der Waals surface area contributed by atoms with Crippen LogP contribution in [0.15, 0.2) is 29.8 Å². The molecular formula is C22H22N2O5. The summed E-state index contributed by atoms with van der Waals surface area (Å²) in [6.45, 7) is 6.19. The van der Waals surface area contributed by atoms with Crippen LogP contribution in [0, 0.1) is 25.2 Å². The largest absolute Gasteiger partial charge is 0.497 e. The number of aryl methyl sites for hydroxylation is 1. The van der Waals surface area contributed by atoms with Crippen LogP contribution < -0.4 is 4.74 Å². The second-order valence-electron chi connectivity index (χ2n) is 6.54. The number of carbonyl (C=O) groups is 3. The first-order chi connectivity index (χ1) is 13.7. The molecule has 0 radical (unpaired) electrons. The molecule has 0 fully saturated rings. The Balaban J connectivity index is 2.21. The number of rotatable bonds is 7. The van der Waals surface area contributed by atoms with E-state index in [0.717, 1.165) is 0 Å². The van der Waals surface area contributed by atoms with Crippen molar-refractivity contribution in [3.63, 3.8) is 0 Å². The van der Waals surface area contributed by atoms with Crippen molar-refractivity contribution >= 4 is 23.6 Å². The number of benzene rings is 1. The molecule has 0 aliphatic carbocycles. The standard InChI is InChI=1S/C22H22N2O5/c1-12-19(14(3)25)13(2)24-20(12)21(26)15(4)29-22(27)17(11-23)9-16-7-6-8-18(10-16)28-5/h6-10,15,24H,1-5H3/b17-9+/t15-/m1/s1. The Kier molecular flexibility index (Phi) is 6.73. The minimum Gasteiger partial charge on any atom is -0.497 e. The molecule has 1 atom stereocenters. The third kappa shape index (κ3) is 4.79. The number of nitriles is 1. The maximum atomic E-state index is 12.7. The second kappa shape index (κ2) is 9.02. The van der Waals surface area contributed by atoms with Crippen molar-refractivity contribution < 1.29 is 23.9 Å². The van der Waals surface area contributed by atoms with Crippen LogP contribution in [-0.4, -0.2) is 35.7 Å². The van der Waals surface area contributed by atoms with Crippen LogP contribution >= 0.6 is 0 Å². The van der Waals surface area contributed by atoms with E-state index in [4.69, 9.17) is 9.47 Å². The predicted octanol–water partition coefficient (Wildman–Crippen LogP) is 3.56. The SMILES string of the molecule is COc1cccc(/C=C(\C#N)C(=O)O[C@H](C)C(=O)c2[nH]c(C)c(C(C)=O)c2C)c1. The lowest BCUT2D eigenvalue weighted by Crippen LogP contribution is -2.26. The molecule has 1 aromatic heterocycles. The third-order valence-electron chi connectivity index (χ3n) is 4.43. The van der Waals surface area contributed by atoms with Crippen LogP contribution in [-0.2, 0) is 9.53 Å². The minimum atomic E-state index is -1.14. The number of hydrogen-bond acceptors (Lipinski definition) is 6. The molecule has 1 heterocycles. The van der Waals surface area contributed by atoms with Crippen molar-refractivity contribution in [2.24, 2.45) is 0 Å². The van der Waals surface area contributed by atoms with E-state index in [0.29, 0.717) is 28.1 Å². The number of hydrogen-bond donors (Lipinski definition) is 1. The summed E-state index contributed by atoms with van der Waals surface area (Å²) in [5.74, 6) is -0.978. The molecule has 0 spiro atoms. The van der Waals surface area contributed by atoms with Gasteiger partial charge in [-0.25, -0.2) is 4.79 Å². The lowest BCUT2D eigenvalue weighted by molar-refractivity contribution is -0.141. The van der Waals surface area contributed by atoms with E-state index in [2.05, 4.69) is 4.98 Å². The van der Waals surface area contributed by atoms with Crippen LogP contribution in [0.5, 0.6) is 5.75 Å². The number of ether oxygens (including phenoxy) is 2. The number of nitrogens with zero attached hydrogens (tertiary/aromatic N) is 1. The molecule has 29 heavy (non-hydrogen) atoms. The first kappa shape index (κ1) is 21.6. The molecule has 0 aliphatic heterocycles. The van der Waals surface area contributed by atoms with E-state index in [1.165, 1.54) is 27.0 Å². The monoisotopic (exact) mass is 394 g/mol. The van der Waals surface area contributed by atoms with Crippen LogP contribution in [0.1, 0.15) is 51.5 Å². The van der Waals surface area contributed by atoms with Gasteiger partial charge < -0.3 is 14.5 Å². The number of nitrogens with one attached hydrogen (secondary N) is 1. The minimum absolute atomic E-state index is 0.159. The molecule has 150 valence electrons. The first-order valence-corrected chi connectivity index (χ1v) is 8.90. The summed E-state index contributed by atoms with van der Waals surface area (Å²) in [4.78, 5) is 39.7. The van der Waals surface area contributed by atoms with Gasteiger partial charge in [-0.05, 0) is 57.0 Å². The number of esters is 1. The van der Waals surface area contributed by atoms with Crippen molar-refractivity contribution in [2.45, 2.75) is 33.8 Å². The molecule has 0 saturated heterocycles. The molecule has 0 saturated carbocycles. The lowest BCUT2D eigenvalue weighted by atomic mass is 10.0. The van der Waals surface area contributed by atoms with E-state index < -0.39 is 17.9 Å². The number of methoxy groups -OCH3 is 1. The second-order valence-corrected chi connectivity index (χ2v) is 6.54. The van der Waals surface area contributed by atoms with Gasteiger partial charge in [-0.1, -0.05) is 12.1 Å². The summed E-state index contributed by atoms with van der Waals surface area (Å²) < 4.78 is 10.3. The molecule has 0 bridgehead atoms. The average Bonchev–Trinajstić information content (AvgIpc) is 2.99. The highest BCUT2D eigenvalue weighted by Gasteiger charge is 2.27. The zero-order valence-electron chi connectivity index (χ0n) is 17.0. The van der Waals surface area contributed by atoms with E-state index in [1.54, 1.807) is 44.2 Å². The maximum absolute atomic E-state index is 12.7. The van der Waals surface area contributed by atoms with E-state index in [-0.39, 0.29) is 17.1 Å². The molecule has 0 unspecified atom stereocenters. The Morgan fingerprint density at radius 2 is 1.93 bits per heavy atom. The summed E-state index contributed by atoms with van der Waals surface area (Å²) >= 11 is 0. The Bertz CT molecular complexity index is 1040. The van der Waals surface area contributed by atoms with Crippen LogP contribution in [0.3, 0.4) is 0 Å². The van der Waals surface area contributed by atoms with Crippen molar-refractivity contribution in [3.8, 4) is 11.8 Å². The average molecular weight is 394 g/mol. The number of aromatic amines is 1. The van der Waals surface area contributed by atoms with E-state index in [9.17, 15) is 19.6 Å². The van der Waals surface area contributed by atoms with Gasteiger partial charge in [-0.15, -0.1) is 0 Å². The van der Waals surface area contributed by atoms with Crippen molar-refractivity contribution in [3.05, 3.63) is 57.9 Å². The summed E-state index contributed by atoms with van der Waals surface area (Å²) in [5.41, 5.74) is 2.08. The lowest BCUT2D eigenvalue weighted by Gasteiger charge is -2.12. The van der Waals surface area contributed by atoms with Crippen LogP contribution in [0.25, 0.3) is 6.08 Å². The highest BCUT2D eigenvalue weighted by atomic mass is 16.5. The molecule has 2 rings (SSSR count). The fraction of sp³-hybridized carbons (Fsp3) is 0.273. The van der Waals surface area contributed by atoms with Gasteiger partial charge in [-0.2, -0.15) is 5.26 Å². The van der Waals surface area contributed by atoms with Gasteiger partial charge in [0.15, 0.2) is 11.9 Å². The first-order valence-electron chi connectivity index (χ1n) is 8.90. The van der Waals surface area contributed by atoms with E-state index in [1.807, 2.05) is 0 Å². The zero-order chi connectivity index (χ0) is 21.7. The highest BCUT2D eigenvalue weighted by Crippen LogP contribution is 2.21. The van der Waals surface area contributed by atoms with Gasteiger partial charge in [0.25, 0.3) is 0 Å². The van der Waals surface area contributed by atoms with Gasteiger partial charge in [0.2, 0.25) is 5.78 Å². The van der Waals surface area contributed by atoms with Crippen LogP contribution in [0.2, 0.25) is 0 Å².